The monoisotopic (exact) mass is 418 g/mol. The van der Waals surface area contributed by atoms with Crippen molar-refractivity contribution in [2.75, 3.05) is 19.7 Å². The van der Waals surface area contributed by atoms with E-state index in [0.29, 0.717) is 31.7 Å². The Bertz CT molecular complexity index is 914. The maximum atomic E-state index is 13.5. The van der Waals surface area contributed by atoms with Crippen molar-refractivity contribution in [3.63, 3.8) is 0 Å². The Morgan fingerprint density at radius 2 is 2.00 bits per heavy atom. The van der Waals surface area contributed by atoms with Crippen LogP contribution in [-0.2, 0) is 13.5 Å². The summed E-state index contributed by atoms with van der Waals surface area (Å²) >= 11 is 1.45. The third-order valence-electron chi connectivity index (χ3n) is 4.35. The summed E-state index contributed by atoms with van der Waals surface area (Å²) in [6.45, 7) is 1.50. The average molecular weight is 419 g/mol. The van der Waals surface area contributed by atoms with Gasteiger partial charge in [-0.1, -0.05) is 12.1 Å². The van der Waals surface area contributed by atoms with Crippen LogP contribution < -0.4 is 15.2 Å². The molecule has 0 saturated carbocycles. The Kier molecular flexibility index (Phi) is 7.62. The van der Waals surface area contributed by atoms with Crippen molar-refractivity contribution in [1.29, 1.82) is 0 Å². The molecule has 3 N–H and O–H groups in total. The second-order valence-electron chi connectivity index (χ2n) is 6.71. The maximum Gasteiger partial charge on any atom is 0.129 e. The quantitative estimate of drug-likeness (QED) is 0.389. The van der Waals surface area contributed by atoms with Crippen molar-refractivity contribution < 1.29 is 13.5 Å². The van der Waals surface area contributed by atoms with Crippen LogP contribution in [-0.4, -0.2) is 29.2 Å². The van der Waals surface area contributed by atoms with Crippen molar-refractivity contribution in [3.8, 4) is 5.75 Å². The van der Waals surface area contributed by atoms with Crippen LogP contribution in [0.25, 0.3) is 0 Å². The summed E-state index contributed by atoms with van der Waals surface area (Å²) in [6.07, 6.45) is 4.13. The molecule has 1 unspecified atom stereocenters. The smallest absolute Gasteiger partial charge is 0.129 e. The molecule has 0 bridgehead atoms. The minimum Gasteiger partial charge on any atom is -0.492 e. The molecule has 3 aromatic rings. The zero-order valence-corrected chi connectivity index (χ0v) is 17.0. The van der Waals surface area contributed by atoms with Crippen molar-refractivity contribution >= 4 is 11.9 Å². The van der Waals surface area contributed by atoms with Crippen molar-refractivity contribution in [2.45, 2.75) is 17.4 Å². The molecule has 1 heterocycles. The van der Waals surface area contributed by atoms with Gasteiger partial charge in [-0.15, -0.1) is 0 Å². The van der Waals surface area contributed by atoms with Gasteiger partial charge in [0.05, 0.1) is 6.33 Å². The van der Waals surface area contributed by atoms with Gasteiger partial charge < -0.3 is 15.0 Å². The summed E-state index contributed by atoms with van der Waals surface area (Å²) in [7, 11) is 1.92. The molecule has 0 radical (unpaired) electrons. The maximum absolute atomic E-state index is 13.5. The Balaban J connectivity index is 1.53. The number of hydrogen-bond acceptors (Lipinski definition) is 5. The lowest BCUT2D eigenvalue weighted by Crippen LogP contribution is -2.16. The highest BCUT2D eigenvalue weighted by molar-refractivity contribution is 7.97. The number of nitrogens with two attached hydrogens (primary N) is 1. The van der Waals surface area contributed by atoms with Crippen LogP contribution in [0.3, 0.4) is 0 Å². The summed E-state index contributed by atoms with van der Waals surface area (Å²) in [6, 6.07) is 11.2. The molecule has 0 aliphatic carbocycles. The molecule has 29 heavy (non-hydrogen) atoms. The summed E-state index contributed by atoms with van der Waals surface area (Å²) in [4.78, 5) is 4.22. The lowest BCUT2D eigenvalue weighted by molar-refractivity contribution is 0.324. The molecule has 8 heteroatoms. The predicted octanol–water partition coefficient (Wildman–Crippen LogP) is 3.66. The number of ether oxygens (including phenoxy) is 1. The molecule has 1 aromatic heterocycles. The molecule has 0 saturated heterocycles. The first-order valence-corrected chi connectivity index (χ1v) is 10.1. The van der Waals surface area contributed by atoms with E-state index in [1.807, 2.05) is 42.1 Å². The van der Waals surface area contributed by atoms with Crippen molar-refractivity contribution in [2.24, 2.45) is 12.8 Å². The highest BCUT2D eigenvalue weighted by Gasteiger charge is 2.13. The molecule has 154 valence electrons. The number of aryl methyl sites for hydroxylation is 1. The number of imidazole rings is 1. The molecule has 2 aromatic carbocycles. The van der Waals surface area contributed by atoms with Crippen LogP contribution in [0.4, 0.5) is 8.78 Å². The molecule has 0 fully saturated rings. The zero-order chi connectivity index (χ0) is 20.6. The van der Waals surface area contributed by atoms with E-state index in [2.05, 4.69) is 9.71 Å². The van der Waals surface area contributed by atoms with E-state index < -0.39 is 11.6 Å². The normalized spacial score (nSPS) is 12.1. The molecule has 0 aliphatic heterocycles. The van der Waals surface area contributed by atoms with E-state index in [4.69, 9.17) is 10.5 Å². The van der Waals surface area contributed by atoms with Gasteiger partial charge in [0.2, 0.25) is 0 Å². The molecular formula is C21H24F2N4OS. The molecule has 0 aliphatic rings. The predicted molar refractivity (Wildman–Crippen MR) is 111 cm³/mol. The van der Waals surface area contributed by atoms with Crippen molar-refractivity contribution in [3.05, 3.63) is 77.8 Å². The lowest BCUT2D eigenvalue weighted by Gasteiger charge is -2.17. The molecule has 5 nitrogen and oxygen atoms in total. The largest absolute Gasteiger partial charge is 0.492 e. The number of hydrogen-bond donors (Lipinski definition) is 2. The summed E-state index contributed by atoms with van der Waals surface area (Å²) < 4.78 is 37.8. The summed E-state index contributed by atoms with van der Waals surface area (Å²) in [5.41, 5.74) is 7.49. The topological polar surface area (TPSA) is 65.1 Å². The third-order valence-corrected chi connectivity index (χ3v) is 5.12. The van der Waals surface area contributed by atoms with Gasteiger partial charge in [0.1, 0.15) is 29.0 Å². The van der Waals surface area contributed by atoms with E-state index in [1.165, 1.54) is 24.1 Å². The van der Waals surface area contributed by atoms with Crippen molar-refractivity contribution in [1.82, 2.24) is 14.3 Å². The van der Waals surface area contributed by atoms with Gasteiger partial charge in [0.25, 0.3) is 0 Å². The first-order valence-electron chi connectivity index (χ1n) is 9.29. The van der Waals surface area contributed by atoms with Gasteiger partial charge in [-0.2, -0.15) is 0 Å². The number of aromatic nitrogens is 2. The zero-order valence-electron chi connectivity index (χ0n) is 16.1. The van der Waals surface area contributed by atoms with E-state index in [0.717, 1.165) is 22.4 Å². The van der Waals surface area contributed by atoms with E-state index in [9.17, 15) is 8.78 Å². The Labute approximate surface area is 173 Å². The lowest BCUT2D eigenvalue weighted by atomic mass is 9.92. The molecule has 0 amide bonds. The number of rotatable bonds is 10. The van der Waals surface area contributed by atoms with Crippen LogP contribution in [0.5, 0.6) is 5.75 Å². The van der Waals surface area contributed by atoms with E-state index in [-0.39, 0.29) is 5.92 Å². The minimum absolute atomic E-state index is 0.0578. The number of nitrogens with one attached hydrogen (secondary N) is 1. The van der Waals surface area contributed by atoms with Crippen LogP contribution in [0.15, 0.2) is 60.0 Å². The average Bonchev–Trinajstić information content (AvgIpc) is 3.10. The van der Waals surface area contributed by atoms with Gasteiger partial charge in [-0.05, 0) is 60.3 Å². The first-order chi connectivity index (χ1) is 14.0. The van der Waals surface area contributed by atoms with E-state index >= 15 is 0 Å². The summed E-state index contributed by atoms with van der Waals surface area (Å²) in [5, 5.41) is 0.897. The van der Waals surface area contributed by atoms with Gasteiger partial charge >= 0.3 is 0 Å². The third kappa shape index (κ3) is 6.56. The highest BCUT2D eigenvalue weighted by atomic mass is 32.2. The van der Waals surface area contributed by atoms with E-state index in [1.54, 1.807) is 6.33 Å². The van der Waals surface area contributed by atoms with Gasteiger partial charge in [-0.25, -0.2) is 13.8 Å². The fourth-order valence-electron chi connectivity index (χ4n) is 2.99. The van der Waals surface area contributed by atoms with Crippen LogP contribution in [0.2, 0.25) is 0 Å². The number of nitrogens with zero attached hydrogens (tertiary/aromatic N) is 2. The second kappa shape index (κ2) is 10.4. The molecule has 0 spiro atoms. The van der Waals surface area contributed by atoms with Gasteiger partial charge in [-0.3, -0.25) is 4.72 Å². The highest BCUT2D eigenvalue weighted by Crippen LogP contribution is 2.24. The Morgan fingerprint density at radius 1 is 1.21 bits per heavy atom. The van der Waals surface area contributed by atoms with Gasteiger partial charge in [0.15, 0.2) is 0 Å². The first kappa shape index (κ1) is 21.3. The molecule has 3 rings (SSSR count). The Morgan fingerprint density at radius 3 is 2.69 bits per heavy atom. The number of benzene rings is 2. The number of halogens is 2. The fraction of sp³-hybridized carbons (Fsp3) is 0.286. The summed E-state index contributed by atoms with van der Waals surface area (Å²) in [5.74, 6) is -0.485. The van der Waals surface area contributed by atoms with Gasteiger partial charge in [0, 0.05) is 31.8 Å². The van der Waals surface area contributed by atoms with Crippen LogP contribution in [0, 0.1) is 11.6 Å². The fourth-order valence-corrected chi connectivity index (χ4v) is 3.64. The molecular weight excluding hydrogens is 394 g/mol. The van der Waals surface area contributed by atoms with Crippen LogP contribution in [0.1, 0.15) is 17.0 Å². The van der Waals surface area contributed by atoms with Crippen LogP contribution >= 0.6 is 11.9 Å². The Hall–Kier alpha value is -2.42. The SMILES string of the molecule is Cn1cnc(SNCCOc2cccc(C(CN)Cc3cc(F)cc(F)c3)c2)c1. The second-order valence-corrected chi connectivity index (χ2v) is 7.62. The molecule has 1 atom stereocenters. The minimum atomic E-state index is -0.580. The standard InChI is InChI=1S/C21H24F2N4OS/c1-27-13-21(25-14-27)29-26-5-6-28-20-4-2-3-16(10-20)17(12-24)7-15-8-18(22)11-19(23)9-15/h2-4,8-11,13-14,17,26H,5-7,12,24H2,1H3.